The van der Waals surface area contributed by atoms with Gasteiger partial charge in [0, 0.05) is 43.2 Å². The Hall–Kier alpha value is -1.95. The number of methoxy groups -OCH3 is 1. The highest BCUT2D eigenvalue weighted by atomic mass is 16.7. The first kappa shape index (κ1) is 36.8. The Morgan fingerprint density at radius 2 is 1.67 bits per heavy atom. The van der Waals surface area contributed by atoms with Gasteiger partial charge in [-0.25, -0.2) is 4.79 Å². The lowest BCUT2D eigenvalue weighted by atomic mass is 9.35. The second-order valence-electron chi connectivity index (χ2n) is 16.5. The van der Waals surface area contributed by atoms with Gasteiger partial charge >= 0.3 is 6.16 Å². The Labute approximate surface area is 293 Å². The quantitative estimate of drug-likeness (QED) is 0.133. The van der Waals surface area contributed by atoms with Gasteiger partial charge in [-0.15, -0.1) is 0 Å². The highest BCUT2D eigenvalue weighted by molar-refractivity contribution is 5.69. The SMILES string of the molecule is CCOCCOCCOCCOC(=O)Oc1ccc(C)c2c1OC1C23CCN(CC2CC2)C(C)[C@]32CC[C@@]1(OC)C(C(C)(O)C(C)(C)C)C2. The number of carbonyl (C=O) groups is 1. The second kappa shape index (κ2) is 13.9. The number of aryl methyl sites for hydroxylation is 1. The Balaban J connectivity index is 1.27. The first-order valence-electron chi connectivity index (χ1n) is 18.7. The van der Waals surface area contributed by atoms with E-state index in [1.165, 1.54) is 12.8 Å². The van der Waals surface area contributed by atoms with Crippen LogP contribution in [-0.2, 0) is 29.1 Å². The van der Waals surface area contributed by atoms with Crippen LogP contribution in [0.4, 0.5) is 4.79 Å². The molecule has 2 spiro atoms. The molecule has 1 aromatic rings. The van der Waals surface area contributed by atoms with Crippen LogP contribution in [0.2, 0.25) is 0 Å². The number of carbonyl (C=O) groups excluding carboxylic acids is 1. The molecular formula is C39H61NO9. The largest absolute Gasteiger partial charge is 0.514 e. The monoisotopic (exact) mass is 687 g/mol. The van der Waals surface area contributed by atoms with Crippen molar-refractivity contribution in [2.75, 3.05) is 66.4 Å². The average molecular weight is 688 g/mol. The molecule has 7 atom stereocenters. The van der Waals surface area contributed by atoms with Gasteiger partial charge in [-0.2, -0.15) is 0 Å². The maximum atomic E-state index is 13.0. The Bertz CT molecular complexity index is 1340. The molecule has 5 fully saturated rings. The van der Waals surface area contributed by atoms with E-state index in [2.05, 4.69) is 45.6 Å². The molecule has 0 radical (unpaired) electrons. The molecule has 6 aliphatic rings. The second-order valence-corrected chi connectivity index (χ2v) is 16.5. The highest BCUT2D eigenvalue weighted by Crippen LogP contribution is 2.76. The molecule has 10 nitrogen and oxygen atoms in total. The third kappa shape index (κ3) is 6.10. The summed E-state index contributed by atoms with van der Waals surface area (Å²) in [5.74, 6) is 1.62. The molecule has 4 saturated carbocycles. The molecule has 5 unspecified atom stereocenters. The van der Waals surface area contributed by atoms with Crippen molar-refractivity contribution in [3.63, 3.8) is 0 Å². The van der Waals surface area contributed by atoms with E-state index in [1.807, 2.05) is 19.9 Å². The summed E-state index contributed by atoms with van der Waals surface area (Å²) in [6.07, 6.45) is 5.07. The third-order valence-corrected chi connectivity index (χ3v) is 13.4. The predicted octanol–water partition coefficient (Wildman–Crippen LogP) is 6.07. The van der Waals surface area contributed by atoms with Crippen LogP contribution < -0.4 is 9.47 Å². The minimum absolute atomic E-state index is 0.0626. The van der Waals surface area contributed by atoms with Crippen molar-refractivity contribution in [1.29, 1.82) is 0 Å². The normalized spacial score (nSPS) is 33.3. The first-order valence-corrected chi connectivity index (χ1v) is 18.7. The molecular weight excluding hydrogens is 626 g/mol. The van der Waals surface area contributed by atoms with Gasteiger partial charge in [-0.3, -0.25) is 4.90 Å². The summed E-state index contributed by atoms with van der Waals surface area (Å²) >= 11 is 0. The molecule has 0 aromatic heterocycles. The van der Waals surface area contributed by atoms with Crippen molar-refractivity contribution in [1.82, 2.24) is 4.90 Å². The summed E-state index contributed by atoms with van der Waals surface area (Å²) in [6, 6.07) is 4.16. The number of hydrogen-bond donors (Lipinski definition) is 1. The minimum atomic E-state index is -1.02. The van der Waals surface area contributed by atoms with E-state index < -0.39 is 17.4 Å². The molecule has 2 heterocycles. The number of benzene rings is 1. The van der Waals surface area contributed by atoms with E-state index in [1.54, 1.807) is 7.11 Å². The van der Waals surface area contributed by atoms with Gasteiger partial charge in [0.15, 0.2) is 11.5 Å². The molecule has 1 N–H and O–H groups in total. The van der Waals surface area contributed by atoms with Crippen molar-refractivity contribution in [2.45, 2.75) is 116 Å². The average Bonchev–Trinajstić information content (AvgIpc) is 3.81. The molecule has 0 amide bonds. The number of fused-ring (bicyclic) bond motifs is 3. The van der Waals surface area contributed by atoms with Crippen LogP contribution in [0, 0.1) is 29.6 Å². The van der Waals surface area contributed by atoms with Gasteiger partial charge < -0.3 is 38.3 Å². The van der Waals surface area contributed by atoms with E-state index >= 15 is 0 Å². The molecule has 7 rings (SSSR count). The number of piperidine rings is 1. The van der Waals surface area contributed by atoms with Crippen LogP contribution in [-0.4, -0.2) is 106 Å². The van der Waals surface area contributed by atoms with Crippen molar-refractivity contribution in [2.24, 2.45) is 22.7 Å². The van der Waals surface area contributed by atoms with Crippen molar-refractivity contribution in [3.8, 4) is 11.5 Å². The number of likely N-dealkylation sites (tertiary alicyclic amines) is 1. The standard InChI is InChI=1S/C39H61NO9/c1-9-44-18-19-45-20-21-46-22-23-47-34(41)48-29-13-10-26(2)31-32(29)49-33-38(31)16-17-40(25-28-11-12-28)27(3)37(38)14-15-39(33,43-8)30(24-37)36(7,42)35(4,5)6/h10,13,27-28,30,33,42H,9,11-12,14-25H2,1-8H3/t27?,30?,33?,36?,37-,38?,39-/m1/s1. The van der Waals surface area contributed by atoms with Gasteiger partial charge in [0.25, 0.3) is 0 Å². The number of ether oxygens (including phenoxy) is 7. The maximum absolute atomic E-state index is 13.0. The van der Waals surface area contributed by atoms with E-state index in [9.17, 15) is 9.90 Å². The molecule has 49 heavy (non-hydrogen) atoms. The summed E-state index contributed by atoms with van der Waals surface area (Å²) in [4.78, 5) is 15.8. The van der Waals surface area contributed by atoms with Crippen molar-refractivity contribution >= 4 is 6.16 Å². The van der Waals surface area contributed by atoms with Gasteiger partial charge in [0.1, 0.15) is 18.3 Å². The lowest BCUT2D eigenvalue weighted by molar-refractivity contribution is -0.309. The zero-order valence-corrected chi connectivity index (χ0v) is 31.2. The van der Waals surface area contributed by atoms with E-state index in [-0.39, 0.29) is 47.5 Å². The maximum Gasteiger partial charge on any atom is 0.514 e. The molecule has 1 aromatic carbocycles. The fraction of sp³-hybridized carbons (Fsp3) is 0.821. The highest BCUT2D eigenvalue weighted by Gasteiger charge is 2.81. The minimum Gasteiger partial charge on any atom is -0.482 e. The van der Waals surface area contributed by atoms with Crippen molar-refractivity contribution in [3.05, 3.63) is 23.3 Å². The lowest BCUT2D eigenvalue weighted by Crippen LogP contribution is -2.81. The fourth-order valence-corrected chi connectivity index (χ4v) is 10.2. The first-order chi connectivity index (χ1) is 23.3. The van der Waals surface area contributed by atoms with Crippen LogP contribution in [0.25, 0.3) is 0 Å². The van der Waals surface area contributed by atoms with Crippen LogP contribution in [0.3, 0.4) is 0 Å². The third-order valence-electron chi connectivity index (χ3n) is 13.4. The summed E-state index contributed by atoms with van der Waals surface area (Å²) in [7, 11) is 1.80. The number of rotatable bonds is 15. The number of nitrogens with zero attached hydrogens (tertiary/aromatic N) is 1. The Morgan fingerprint density at radius 1 is 1.00 bits per heavy atom. The summed E-state index contributed by atoms with van der Waals surface area (Å²) < 4.78 is 41.5. The number of aliphatic hydroxyl groups is 1. The van der Waals surface area contributed by atoms with Crippen LogP contribution in [0.1, 0.15) is 91.2 Å². The Morgan fingerprint density at radius 3 is 2.31 bits per heavy atom. The predicted molar refractivity (Wildman–Crippen MR) is 185 cm³/mol. The number of hydrogen-bond acceptors (Lipinski definition) is 10. The fourth-order valence-electron chi connectivity index (χ4n) is 10.2. The van der Waals surface area contributed by atoms with Crippen LogP contribution >= 0.6 is 0 Å². The molecule has 10 heteroatoms. The summed E-state index contributed by atoms with van der Waals surface area (Å²) in [5, 5.41) is 12.5. The van der Waals surface area contributed by atoms with Crippen LogP contribution in [0.15, 0.2) is 12.1 Å². The zero-order valence-electron chi connectivity index (χ0n) is 31.2. The van der Waals surface area contributed by atoms with Gasteiger partial charge in [-0.1, -0.05) is 26.8 Å². The Kier molecular flexibility index (Phi) is 10.4. The topological polar surface area (TPSA) is 105 Å². The van der Waals surface area contributed by atoms with E-state index in [0.29, 0.717) is 44.5 Å². The van der Waals surface area contributed by atoms with Crippen molar-refractivity contribution < 1.29 is 43.1 Å². The smallest absolute Gasteiger partial charge is 0.482 e. The van der Waals surface area contributed by atoms with E-state index in [0.717, 1.165) is 55.8 Å². The molecule has 4 aliphatic carbocycles. The summed E-state index contributed by atoms with van der Waals surface area (Å²) in [5.41, 5.74) is -0.361. The van der Waals surface area contributed by atoms with Gasteiger partial charge in [-0.05, 0) is 101 Å². The van der Waals surface area contributed by atoms with Crippen LogP contribution in [0.5, 0.6) is 11.5 Å². The molecule has 2 bridgehead atoms. The molecule has 276 valence electrons. The lowest BCUT2D eigenvalue weighted by Gasteiger charge is -2.74. The molecule has 1 saturated heterocycles. The zero-order chi connectivity index (χ0) is 35.2. The van der Waals surface area contributed by atoms with Gasteiger partial charge in [0.05, 0.1) is 38.6 Å². The molecule has 2 aliphatic heterocycles. The summed E-state index contributed by atoms with van der Waals surface area (Å²) in [6.45, 7) is 19.9. The van der Waals surface area contributed by atoms with Gasteiger partial charge in [0.2, 0.25) is 0 Å². The van der Waals surface area contributed by atoms with E-state index in [4.69, 9.17) is 33.2 Å².